The third-order valence-corrected chi connectivity index (χ3v) is 3.60. The summed E-state index contributed by atoms with van der Waals surface area (Å²) in [6, 6.07) is 3.48. The van der Waals surface area contributed by atoms with Crippen molar-refractivity contribution in [1.82, 2.24) is 20.0 Å². The van der Waals surface area contributed by atoms with Crippen molar-refractivity contribution in [3.05, 3.63) is 30.4 Å². The van der Waals surface area contributed by atoms with Gasteiger partial charge < -0.3 is 15.2 Å². The van der Waals surface area contributed by atoms with Gasteiger partial charge in [-0.15, -0.1) is 0 Å². The average molecular weight is 273 g/mol. The van der Waals surface area contributed by atoms with Crippen molar-refractivity contribution >= 4 is 0 Å². The van der Waals surface area contributed by atoms with Crippen molar-refractivity contribution in [3.63, 3.8) is 0 Å². The van der Waals surface area contributed by atoms with Crippen molar-refractivity contribution in [1.29, 1.82) is 0 Å². The maximum Gasteiger partial charge on any atom is 0.258 e. The number of nitrogens with zero attached hydrogens (tertiary/aromatic N) is 4. The van der Waals surface area contributed by atoms with Crippen LogP contribution in [0.2, 0.25) is 0 Å². The number of aromatic nitrogens is 3. The normalized spacial score (nSPS) is 18.1. The Labute approximate surface area is 118 Å². The van der Waals surface area contributed by atoms with Crippen molar-refractivity contribution in [3.8, 4) is 11.5 Å². The van der Waals surface area contributed by atoms with Crippen LogP contribution in [0.4, 0.5) is 0 Å². The fourth-order valence-corrected chi connectivity index (χ4v) is 2.50. The highest BCUT2D eigenvalue weighted by atomic mass is 16.5. The average Bonchev–Trinajstić information content (AvgIpc) is 2.99. The molecule has 0 radical (unpaired) electrons. The van der Waals surface area contributed by atoms with E-state index < -0.39 is 0 Å². The summed E-state index contributed by atoms with van der Waals surface area (Å²) in [6.45, 7) is 3.01. The lowest BCUT2D eigenvalue weighted by molar-refractivity contribution is 0.213. The van der Waals surface area contributed by atoms with Gasteiger partial charge in [-0.3, -0.25) is 4.98 Å². The summed E-state index contributed by atoms with van der Waals surface area (Å²) in [5.41, 5.74) is 7.04. The topological polar surface area (TPSA) is 81.1 Å². The molecule has 1 unspecified atom stereocenters. The van der Waals surface area contributed by atoms with Crippen LogP contribution in [0.15, 0.2) is 29.0 Å². The van der Waals surface area contributed by atoms with Crippen LogP contribution in [0.1, 0.15) is 31.1 Å². The number of likely N-dealkylation sites (tertiary alicyclic amines) is 1. The lowest BCUT2D eigenvalue weighted by Crippen LogP contribution is -2.36. The molecule has 6 heteroatoms. The monoisotopic (exact) mass is 273 g/mol. The van der Waals surface area contributed by atoms with Gasteiger partial charge in [0, 0.05) is 24.5 Å². The summed E-state index contributed by atoms with van der Waals surface area (Å²) in [5, 5.41) is 4.00. The summed E-state index contributed by atoms with van der Waals surface area (Å²) < 4.78 is 5.27. The fraction of sp³-hybridized carbons (Fsp3) is 0.500. The van der Waals surface area contributed by atoms with E-state index in [-0.39, 0.29) is 6.04 Å². The Morgan fingerprint density at radius 3 is 2.70 bits per heavy atom. The van der Waals surface area contributed by atoms with Gasteiger partial charge in [0.15, 0.2) is 5.82 Å². The molecule has 0 amide bonds. The predicted octanol–water partition coefficient (Wildman–Crippen LogP) is 1.62. The summed E-state index contributed by atoms with van der Waals surface area (Å²) in [5.74, 6) is 1.07. The molecule has 20 heavy (non-hydrogen) atoms. The van der Waals surface area contributed by atoms with E-state index in [1.807, 2.05) is 12.1 Å². The molecule has 3 heterocycles. The van der Waals surface area contributed by atoms with Gasteiger partial charge in [-0.2, -0.15) is 4.98 Å². The van der Waals surface area contributed by atoms with E-state index >= 15 is 0 Å². The second-order valence-corrected chi connectivity index (χ2v) is 5.16. The van der Waals surface area contributed by atoms with E-state index in [1.54, 1.807) is 12.4 Å². The summed E-state index contributed by atoms with van der Waals surface area (Å²) in [4.78, 5) is 10.7. The minimum absolute atomic E-state index is 0.201. The first-order chi connectivity index (χ1) is 9.83. The highest BCUT2D eigenvalue weighted by molar-refractivity contribution is 5.51. The number of hydrogen-bond donors (Lipinski definition) is 1. The molecule has 0 spiro atoms. The zero-order chi connectivity index (χ0) is 13.8. The zero-order valence-electron chi connectivity index (χ0n) is 11.4. The molecule has 1 atom stereocenters. The van der Waals surface area contributed by atoms with E-state index in [0.29, 0.717) is 11.7 Å². The molecular formula is C14H19N5O. The van der Waals surface area contributed by atoms with Crippen molar-refractivity contribution in [2.24, 2.45) is 5.73 Å². The van der Waals surface area contributed by atoms with Gasteiger partial charge in [-0.1, -0.05) is 11.6 Å². The van der Waals surface area contributed by atoms with E-state index in [0.717, 1.165) is 25.2 Å². The molecule has 1 saturated heterocycles. The van der Waals surface area contributed by atoms with Crippen LogP contribution in [0.5, 0.6) is 0 Å². The highest BCUT2D eigenvalue weighted by Gasteiger charge is 2.19. The maximum atomic E-state index is 6.18. The first-order valence-corrected chi connectivity index (χ1v) is 7.05. The van der Waals surface area contributed by atoms with Crippen LogP contribution in [0, 0.1) is 0 Å². The van der Waals surface area contributed by atoms with Crippen LogP contribution in [0.25, 0.3) is 11.5 Å². The standard InChI is InChI=1S/C14H19N5O/c15-12(10-19-8-2-1-3-9-19)13-17-14(20-18-13)11-4-6-16-7-5-11/h4-7,12H,1-3,8-10,15H2. The predicted molar refractivity (Wildman–Crippen MR) is 74.7 cm³/mol. The highest BCUT2D eigenvalue weighted by Crippen LogP contribution is 2.19. The molecule has 1 aliphatic rings. The molecule has 0 bridgehead atoms. The maximum absolute atomic E-state index is 6.18. The lowest BCUT2D eigenvalue weighted by atomic mass is 10.1. The first kappa shape index (κ1) is 13.2. The van der Waals surface area contributed by atoms with E-state index in [4.69, 9.17) is 10.3 Å². The van der Waals surface area contributed by atoms with Gasteiger partial charge in [0.2, 0.25) is 0 Å². The minimum Gasteiger partial charge on any atom is -0.334 e. The molecule has 0 saturated carbocycles. The van der Waals surface area contributed by atoms with Gasteiger partial charge >= 0.3 is 0 Å². The van der Waals surface area contributed by atoms with E-state index in [1.165, 1.54) is 19.3 Å². The molecule has 6 nitrogen and oxygen atoms in total. The third kappa shape index (κ3) is 3.02. The molecule has 2 aromatic rings. The molecule has 0 aliphatic carbocycles. The second-order valence-electron chi connectivity index (χ2n) is 5.16. The van der Waals surface area contributed by atoms with E-state index in [2.05, 4.69) is 20.0 Å². The van der Waals surface area contributed by atoms with Crippen LogP contribution < -0.4 is 5.73 Å². The molecular weight excluding hydrogens is 254 g/mol. The molecule has 106 valence electrons. The number of nitrogens with two attached hydrogens (primary N) is 1. The Bertz CT molecular complexity index is 536. The van der Waals surface area contributed by atoms with Crippen LogP contribution in [-0.4, -0.2) is 39.7 Å². The van der Waals surface area contributed by atoms with Gasteiger partial charge in [0.05, 0.1) is 6.04 Å². The van der Waals surface area contributed by atoms with Crippen molar-refractivity contribution < 1.29 is 4.52 Å². The Morgan fingerprint density at radius 2 is 1.95 bits per heavy atom. The number of rotatable bonds is 4. The van der Waals surface area contributed by atoms with Gasteiger partial charge in [-0.25, -0.2) is 0 Å². The van der Waals surface area contributed by atoms with Crippen molar-refractivity contribution in [2.75, 3.05) is 19.6 Å². The van der Waals surface area contributed by atoms with Gasteiger partial charge in [-0.05, 0) is 38.1 Å². The van der Waals surface area contributed by atoms with Crippen LogP contribution in [0.3, 0.4) is 0 Å². The summed E-state index contributed by atoms with van der Waals surface area (Å²) in [7, 11) is 0. The van der Waals surface area contributed by atoms with Gasteiger partial charge in [0.1, 0.15) is 0 Å². The number of hydrogen-bond acceptors (Lipinski definition) is 6. The second kappa shape index (κ2) is 6.11. The Balaban J connectivity index is 1.66. The lowest BCUT2D eigenvalue weighted by Gasteiger charge is -2.27. The Morgan fingerprint density at radius 1 is 1.20 bits per heavy atom. The molecule has 0 aromatic carbocycles. The SMILES string of the molecule is NC(CN1CCCCC1)c1noc(-c2ccncc2)n1. The van der Waals surface area contributed by atoms with Crippen LogP contribution >= 0.6 is 0 Å². The Hall–Kier alpha value is -1.79. The number of piperidine rings is 1. The number of pyridine rings is 1. The third-order valence-electron chi connectivity index (χ3n) is 3.60. The quantitative estimate of drug-likeness (QED) is 0.911. The zero-order valence-corrected chi connectivity index (χ0v) is 11.4. The van der Waals surface area contributed by atoms with Crippen molar-refractivity contribution in [2.45, 2.75) is 25.3 Å². The smallest absolute Gasteiger partial charge is 0.258 e. The first-order valence-electron chi connectivity index (χ1n) is 7.05. The fourth-order valence-electron chi connectivity index (χ4n) is 2.50. The Kier molecular flexibility index (Phi) is 4.03. The largest absolute Gasteiger partial charge is 0.334 e. The van der Waals surface area contributed by atoms with E-state index in [9.17, 15) is 0 Å². The van der Waals surface area contributed by atoms with Crippen LogP contribution in [-0.2, 0) is 0 Å². The summed E-state index contributed by atoms with van der Waals surface area (Å²) >= 11 is 0. The molecule has 2 N–H and O–H groups in total. The summed E-state index contributed by atoms with van der Waals surface area (Å²) in [6.07, 6.45) is 7.22. The van der Waals surface area contributed by atoms with Gasteiger partial charge in [0.25, 0.3) is 5.89 Å². The minimum atomic E-state index is -0.201. The molecule has 3 rings (SSSR count). The molecule has 1 aliphatic heterocycles. The molecule has 2 aromatic heterocycles. The molecule has 1 fully saturated rings.